The second kappa shape index (κ2) is 3.33. The van der Waals surface area contributed by atoms with Gasteiger partial charge in [0.2, 0.25) is 5.91 Å². The molecular weight excluding hydrogens is 92.1 g/mol. The SMILES string of the molecule is C=NNC(=O)CC. The summed E-state index contributed by atoms with van der Waals surface area (Å²) in [5.74, 6) is -0.102. The lowest BCUT2D eigenvalue weighted by molar-refractivity contribution is -0.120. The summed E-state index contributed by atoms with van der Waals surface area (Å²) in [5, 5.41) is 3.16. The molecule has 0 spiro atoms. The third kappa shape index (κ3) is 2.96. The Morgan fingerprint density at radius 2 is 2.57 bits per heavy atom. The minimum absolute atomic E-state index is 0.102. The Kier molecular flexibility index (Phi) is 2.92. The summed E-state index contributed by atoms with van der Waals surface area (Å²) < 4.78 is 0. The largest absolute Gasteiger partial charge is 0.273 e. The van der Waals surface area contributed by atoms with Crippen molar-refractivity contribution in [2.75, 3.05) is 0 Å². The predicted molar refractivity (Wildman–Crippen MR) is 28.0 cm³/mol. The van der Waals surface area contributed by atoms with Gasteiger partial charge in [-0.2, -0.15) is 5.10 Å². The molecule has 0 aliphatic heterocycles. The first-order valence-electron chi connectivity index (χ1n) is 2.05. The van der Waals surface area contributed by atoms with Crippen LogP contribution in [0.4, 0.5) is 0 Å². The number of nitrogens with zero attached hydrogens (tertiary/aromatic N) is 1. The maximum atomic E-state index is 10.2. The van der Waals surface area contributed by atoms with Gasteiger partial charge in [0.15, 0.2) is 0 Å². The summed E-state index contributed by atoms with van der Waals surface area (Å²) in [6.45, 7) is 4.82. The number of carbonyl (C=O) groups excluding carboxylic acids is 1. The van der Waals surface area contributed by atoms with Crippen molar-refractivity contribution in [3.63, 3.8) is 0 Å². The number of hydrogen-bond acceptors (Lipinski definition) is 2. The van der Waals surface area contributed by atoms with Crippen molar-refractivity contribution in [1.82, 2.24) is 5.43 Å². The van der Waals surface area contributed by atoms with E-state index in [1.54, 1.807) is 6.92 Å². The van der Waals surface area contributed by atoms with Gasteiger partial charge >= 0.3 is 0 Å². The minimum Gasteiger partial charge on any atom is -0.273 e. The van der Waals surface area contributed by atoms with Crippen LogP contribution in [-0.2, 0) is 4.79 Å². The van der Waals surface area contributed by atoms with Gasteiger partial charge in [-0.1, -0.05) is 6.92 Å². The molecule has 0 aromatic carbocycles. The molecule has 40 valence electrons. The third-order valence-corrected chi connectivity index (χ3v) is 0.525. The van der Waals surface area contributed by atoms with Gasteiger partial charge < -0.3 is 0 Å². The zero-order valence-electron chi connectivity index (χ0n) is 4.27. The molecule has 0 saturated carbocycles. The average molecular weight is 100 g/mol. The zero-order chi connectivity index (χ0) is 5.70. The molecule has 3 nitrogen and oxygen atoms in total. The molecule has 1 N–H and O–H groups in total. The predicted octanol–water partition coefficient (Wildman–Crippen LogP) is 0.128. The van der Waals surface area contributed by atoms with Crippen molar-refractivity contribution < 1.29 is 4.79 Å². The Hall–Kier alpha value is -0.860. The summed E-state index contributed by atoms with van der Waals surface area (Å²) in [4.78, 5) is 10.2. The van der Waals surface area contributed by atoms with E-state index in [0.717, 1.165) is 0 Å². The molecule has 0 heterocycles. The van der Waals surface area contributed by atoms with Gasteiger partial charge in [-0.05, 0) is 0 Å². The first kappa shape index (κ1) is 6.14. The van der Waals surface area contributed by atoms with Crippen molar-refractivity contribution in [3.05, 3.63) is 0 Å². The van der Waals surface area contributed by atoms with Crippen LogP contribution >= 0.6 is 0 Å². The molecule has 0 radical (unpaired) electrons. The van der Waals surface area contributed by atoms with Crippen LogP contribution in [0, 0.1) is 0 Å². The number of carbonyl (C=O) groups is 1. The molecule has 0 saturated heterocycles. The van der Waals surface area contributed by atoms with E-state index in [4.69, 9.17) is 0 Å². The molecule has 0 bridgehead atoms. The number of nitrogens with one attached hydrogen (secondary N) is 1. The number of hydrogen-bond donors (Lipinski definition) is 1. The highest BCUT2D eigenvalue weighted by molar-refractivity contribution is 5.75. The summed E-state index contributed by atoms with van der Waals surface area (Å²) in [6.07, 6.45) is 0.457. The van der Waals surface area contributed by atoms with Crippen molar-refractivity contribution in [3.8, 4) is 0 Å². The Bertz CT molecular complexity index is 79.8. The van der Waals surface area contributed by atoms with Crippen LogP contribution in [0.5, 0.6) is 0 Å². The second-order valence-electron chi connectivity index (χ2n) is 1.05. The summed E-state index contributed by atoms with van der Waals surface area (Å²) in [7, 11) is 0. The van der Waals surface area contributed by atoms with E-state index < -0.39 is 0 Å². The fourth-order valence-electron chi connectivity index (χ4n) is 0.167. The van der Waals surface area contributed by atoms with E-state index in [0.29, 0.717) is 6.42 Å². The summed E-state index contributed by atoms with van der Waals surface area (Å²) >= 11 is 0. The number of rotatable bonds is 2. The smallest absolute Gasteiger partial charge is 0.239 e. The molecule has 0 aliphatic carbocycles. The lowest BCUT2D eigenvalue weighted by atomic mass is 10.5. The Morgan fingerprint density at radius 1 is 2.00 bits per heavy atom. The molecule has 1 amide bonds. The molecule has 0 atom stereocenters. The van der Waals surface area contributed by atoms with Gasteiger partial charge in [0.05, 0.1) is 0 Å². The van der Waals surface area contributed by atoms with Crippen LogP contribution in [0.25, 0.3) is 0 Å². The van der Waals surface area contributed by atoms with Crippen LogP contribution in [0.3, 0.4) is 0 Å². The van der Waals surface area contributed by atoms with Crippen LogP contribution in [0.2, 0.25) is 0 Å². The van der Waals surface area contributed by atoms with Gasteiger partial charge in [-0.3, -0.25) is 4.79 Å². The molecule has 0 rings (SSSR count). The normalized spacial score (nSPS) is 7.57. The molecule has 3 heteroatoms. The van der Waals surface area contributed by atoms with Crippen molar-refractivity contribution >= 4 is 12.6 Å². The third-order valence-electron chi connectivity index (χ3n) is 0.525. The lowest BCUT2D eigenvalue weighted by Gasteiger charge is -1.88. The highest BCUT2D eigenvalue weighted by atomic mass is 16.2. The quantitative estimate of drug-likeness (QED) is 0.389. The summed E-state index contributed by atoms with van der Waals surface area (Å²) in [6, 6.07) is 0. The number of hydrazone groups is 1. The number of amides is 1. The Morgan fingerprint density at radius 3 is 2.71 bits per heavy atom. The minimum atomic E-state index is -0.102. The van der Waals surface area contributed by atoms with Crippen LogP contribution in [-0.4, -0.2) is 12.6 Å². The highest BCUT2D eigenvalue weighted by Crippen LogP contribution is 1.70. The highest BCUT2D eigenvalue weighted by Gasteiger charge is 1.87. The van der Waals surface area contributed by atoms with E-state index in [1.807, 2.05) is 0 Å². The molecule has 0 aromatic heterocycles. The maximum absolute atomic E-state index is 10.2. The van der Waals surface area contributed by atoms with Crippen LogP contribution < -0.4 is 5.43 Å². The molecular formula is C4H8N2O. The van der Waals surface area contributed by atoms with Crippen LogP contribution in [0.15, 0.2) is 5.10 Å². The fourth-order valence-corrected chi connectivity index (χ4v) is 0.167. The topological polar surface area (TPSA) is 41.5 Å². The Labute approximate surface area is 42.4 Å². The maximum Gasteiger partial charge on any atom is 0.239 e. The van der Waals surface area contributed by atoms with Gasteiger partial charge in [-0.25, -0.2) is 5.43 Å². The van der Waals surface area contributed by atoms with Crippen molar-refractivity contribution in [1.29, 1.82) is 0 Å². The monoisotopic (exact) mass is 100 g/mol. The molecule has 0 aromatic rings. The van der Waals surface area contributed by atoms with E-state index in [9.17, 15) is 4.79 Å². The molecule has 0 fully saturated rings. The second-order valence-corrected chi connectivity index (χ2v) is 1.05. The zero-order valence-corrected chi connectivity index (χ0v) is 4.27. The van der Waals surface area contributed by atoms with Crippen molar-refractivity contribution in [2.24, 2.45) is 5.10 Å². The van der Waals surface area contributed by atoms with Crippen molar-refractivity contribution in [2.45, 2.75) is 13.3 Å². The summed E-state index contributed by atoms with van der Waals surface area (Å²) in [5.41, 5.74) is 2.17. The van der Waals surface area contributed by atoms with Gasteiger partial charge in [-0.15, -0.1) is 0 Å². The van der Waals surface area contributed by atoms with E-state index in [2.05, 4.69) is 17.2 Å². The first-order valence-corrected chi connectivity index (χ1v) is 2.05. The van der Waals surface area contributed by atoms with Crippen LogP contribution in [0.1, 0.15) is 13.3 Å². The first-order chi connectivity index (χ1) is 3.31. The van der Waals surface area contributed by atoms with Gasteiger partial charge in [0.25, 0.3) is 0 Å². The van der Waals surface area contributed by atoms with E-state index >= 15 is 0 Å². The molecule has 0 aliphatic rings. The van der Waals surface area contributed by atoms with Gasteiger partial charge in [0, 0.05) is 13.1 Å². The lowest BCUT2D eigenvalue weighted by Crippen LogP contribution is -2.14. The average Bonchev–Trinajstić information content (AvgIpc) is 1.68. The molecule has 7 heavy (non-hydrogen) atoms. The van der Waals surface area contributed by atoms with Gasteiger partial charge in [0.1, 0.15) is 0 Å². The standard InChI is InChI=1S/C4H8N2O/c1-3-4(7)6-5-2/h2-3H2,1H3,(H,6,7). The molecule has 0 unspecified atom stereocenters. The Balaban J connectivity index is 3.17. The van der Waals surface area contributed by atoms with E-state index in [1.165, 1.54) is 0 Å². The van der Waals surface area contributed by atoms with E-state index in [-0.39, 0.29) is 5.91 Å². The fraction of sp³-hybridized carbons (Fsp3) is 0.500.